The number of aliphatic carboxylic acids is 2. The Morgan fingerprint density at radius 1 is 0.857 bits per heavy atom. The van der Waals surface area contributed by atoms with E-state index in [1.165, 1.54) is 38.2 Å². The molecule has 0 aliphatic carbocycles. The van der Waals surface area contributed by atoms with Crippen molar-refractivity contribution in [2.75, 3.05) is 0 Å². The Morgan fingerprint density at radius 2 is 1.14 bits per heavy atom. The SMILES string of the molecule is CC(=CC=CC=C(C)C(=O)O)C(=O)O. The molecule has 0 aliphatic heterocycles. The van der Waals surface area contributed by atoms with Crippen LogP contribution in [-0.4, -0.2) is 22.2 Å². The van der Waals surface area contributed by atoms with Gasteiger partial charge in [0.25, 0.3) is 0 Å². The molecule has 0 aromatic carbocycles. The minimum Gasteiger partial charge on any atom is -0.478 e. The molecule has 0 saturated heterocycles. The second kappa shape index (κ2) is 5.75. The fraction of sp³-hybridized carbons (Fsp3) is 0.200. The highest BCUT2D eigenvalue weighted by Crippen LogP contribution is 1.95. The van der Waals surface area contributed by atoms with E-state index in [0.717, 1.165) is 0 Å². The molecule has 0 atom stereocenters. The number of allylic oxidation sites excluding steroid dienone is 4. The molecule has 0 fully saturated rings. The zero-order valence-electron chi connectivity index (χ0n) is 8.02. The van der Waals surface area contributed by atoms with Crippen molar-refractivity contribution >= 4 is 11.9 Å². The molecule has 0 heterocycles. The van der Waals surface area contributed by atoms with Crippen molar-refractivity contribution in [1.82, 2.24) is 0 Å². The standard InChI is InChI=1S/C10H12O4/c1-7(9(11)12)5-3-4-6-8(2)10(13)14/h3-6H,1-2H3,(H,11,12)(H,13,14). The van der Waals surface area contributed by atoms with Crippen LogP contribution in [-0.2, 0) is 9.59 Å². The molecule has 0 bridgehead atoms. The maximum absolute atomic E-state index is 10.3. The molecule has 2 N–H and O–H groups in total. The van der Waals surface area contributed by atoms with Gasteiger partial charge in [-0.3, -0.25) is 0 Å². The lowest BCUT2D eigenvalue weighted by Gasteiger charge is -1.88. The van der Waals surface area contributed by atoms with Crippen molar-refractivity contribution in [1.29, 1.82) is 0 Å². The summed E-state index contributed by atoms with van der Waals surface area (Å²) in [5.74, 6) is -1.98. The average Bonchev–Trinajstić information content (AvgIpc) is 2.11. The highest BCUT2D eigenvalue weighted by molar-refractivity contribution is 5.86. The lowest BCUT2D eigenvalue weighted by atomic mass is 10.2. The van der Waals surface area contributed by atoms with Crippen molar-refractivity contribution in [2.45, 2.75) is 13.8 Å². The van der Waals surface area contributed by atoms with Crippen molar-refractivity contribution in [3.8, 4) is 0 Å². The molecular weight excluding hydrogens is 184 g/mol. The third-order valence-electron chi connectivity index (χ3n) is 1.48. The van der Waals surface area contributed by atoms with E-state index in [4.69, 9.17) is 10.2 Å². The summed E-state index contributed by atoms with van der Waals surface area (Å²) in [7, 11) is 0. The Kier molecular flexibility index (Phi) is 4.99. The van der Waals surface area contributed by atoms with E-state index in [1.807, 2.05) is 0 Å². The number of hydrogen-bond acceptors (Lipinski definition) is 2. The van der Waals surface area contributed by atoms with E-state index in [0.29, 0.717) is 0 Å². The van der Waals surface area contributed by atoms with Crippen LogP contribution in [0.25, 0.3) is 0 Å². The van der Waals surface area contributed by atoms with Crippen molar-refractivity contribution in [2.24, 2.45) is 0 Å². The van der Waals surface area contributed by atoms with E-state index >= 15 is 0 Å². The van der Waals surface area contributed by atoms with E-state index in [-0.39, 0.29) is 11.1 Å². The Morgan fingerprint density at radius 3 is 1.36 bits per heavy atom. The predicted octanol–water partition coefficient (Wildman–Crippen LogP) is 1.60. The third kappa shape index (κ3) is 4.92. The van der Waals surface area contributed by atoms with E-state index in [1.54, 1.807) is 0 Å². The molecule has 0 amide bonds. The monoisotopic (exact) mass is 196 g/mol. The first kappa shape index (κ1) is 12.2. The van der Waals surface area contributed by atoms with Gasteiger partial charge in [0.15, 0.2) is 0 Å². The van der Waals surface area contributed by atoms with Crippen LogP contribution in [0, 0.1) is 0 Å². The summed E-state index contributed by atoms with van der Waals surface area (Å²) < 4.78 is 0. The molecule has 76 valence electrons. The minimum absolute atomic E-state index is 0.197. The highest BCUT2D eigenvalue weighted by atomic mass is 16.4. The van der Waals surface area contributed by atoms with Gasteiger partial charge in [0.1, 0.15) is 0 Å². The van der Waals surface area contributed by atoms with Gasteiger partial charge in [0.05, 0.1) is 0 Å². The van der Waals surface area contributed by atoms with Gasteiger partial charge in [-0.2, -0.15) is 0 Å². The minimum atomic E-state index is -0.992. The normalized spacial score (nSPS) is 13.3. The fourth-order valence-corrected chi connectivity index (χ4v) is 0.542. The summed E-state index contributed by atoms with van der Waals surface area (Å²) in [5.41, 5.74) is 0.394. The molecule has 0 radical (unpaired) electrons. The van der Waals surface area contributed by atoms with Crippen LogP contribution in [0.3, 0.4) is 0 Å². The van der Waals surface area contributed by atoms with E-state index < -0.39 is 11.9 Å². The first-order valence-electron chi connectivity index (χ1n) is 3.93. The molecule has 0 rings (SSSR count). The number of carboxylic acids is 2. The Labute approximate surface area is 81.9 Å². The molecule has 0 saturated carbocycles. The number of carbonyl (C=O) groups is 2. The molecule has 0 unspecified atom stereocenters. The zero-order chi connectivity index (χ0) is 11.1. The molecular formula is C10H12O4. The second-order valence-electron chi connectivity index (χ2n) is 2.69. The van der Waals surface area contributed by atoms with Gasteiger partial charge >= 0.3 is 11.9 Å². The average molecular weight is 196 g/mol. The Hall–Kier alpha value is -1.84. The van der Waals surface area contributed by atoms with Crippen LogP contribution >= 0.6 is 0 Å². The maximum atomic E-state index is 10.3. The van der Waals surface area contributed by atoms with Gasteiger partial charge in [0.2, 0.25) is 0 Å². The summed E-state index contributed by atoms with van der Waals surface area (Å²) in [5, 5.41) is 16.9. The molecule has 0 aromatic heterocycles. The molecule has 0 spiro atoms. The smallest absolute Gasteiger partial charge is 0.331 e. The first-order valence-corrected chi connectivity index (χ1v) is 3.93. The topological polar surface area (TPSA) is 74.6 Å². The summed E-state index contributed by atoms with van der Waals surface area (Å²) in [6, 6.07) is 0. The van der Waals surface area contributed by atoms with E-state index in [2.05, 4.69) is 0 Å². The van der Waals surface area contributed by atoms with Gasteiger partial charge in [-0.15, -0.1) is 0 Å². The Bertz CT molecular complexity index is 289. The maximum Gasteiger partial charge on any atom is 0.331 e. The number of rotatable bonds is 4. The van der Waals surface area contributed by atoms with Gasteiger partial charge in [-0.05, 0) is 13.8 Å². The molecule has 14 heavy (non-hydrogen) atoms. The van der Waals surface area contributed by atoms with Crippen LogP contribution in [0.1, 0.15) is 13.8 Å². The fourth-order valence-electron chi connectivity index (χ4n) is 0.542. The van der Waals surface area contributed by atoms with Crippen molar-refractivity contribution in [3.05, 3.63) is 35.5 Å². The largest absolute Gasteiger partial charge is 0.478 e. The van der Waals surface area contributed by atoms with Gasteiger partial charge in [0, 0.05) is 11.1 Å². The first-order chi connectivity index (χ1) is 6.45. The number of carboxylic acid groups (broad SMARTS) is 2. The summed E-state index contributed by atoms with van der Waals surface area (Å²) >= 11 is 0. The quantitative estimate of drug-likeness (QED) is 0.529. The van der Waals surface area contributed by atoms with Crippen LogP contribution < -0.4 is 0 Å². The summed E-state index contributed by atoms with van der Waals surface area (Å²) in [6.07, 6.45) is 5.76. The summed E-state index contributed by atoms with van der Waals surface area (Å²) in [6.45, 7) is 2.92. The highest BCUT2D eigenvalue weighted by Gasteiger charge is 1.96. The predicted molar refractivity (Wildman–Crippen MR) is 51.9 cm³/mol. The van der Waals surface area contributed by atoms with Gasteiger partial charge in [-0.1, -0.05) is 24.3 Å². The van der Waals surface area contributed by atoms with Crippen LogP contribution in [0.2, 0.25) is 0 Å². The second-order valence-corrected chi connectivity index (χ2v) is 2.69. The van der Waals surface area contributed by atoms with Crippen molar-refractivity contribution in [3.63, 3.8) is 0 Å². The van der Waals surface area contributed by atoms with Gasteiger partial charge < -0.3 is 10.2 Å². The van der Waals surface area contributed by atoms with Crippen LogP contribution in [0.4, 0.5) is 0 Å². The molecule has 0 aliphatic rings. The molecule has 0 aromatic rings. The lowest BCUT2D eigenvalue weighted by Crippen LogP contribution is -1.95. The summed E-state index contributed by atoms with van der Waals surface area (Å²) in [4.78, 5) is 20.6. The van der Waals surface area contributed by atoms with Gasteiger partial charge in [-0.25, -0.2) is 9.59 Å². The van der Waals surface area contributed by atoms with Crippen LogP contribution in [0.15, 0.2) is 35.5 Å². The number of hydrogen-bond donors (Lipinski definition) is 2. The van der Waals surface area contributed by atoms with Crippen molar-refractivity contribution < 1.29 is 19.8 Å². The third-order valence-corrected chi connectivity index (χ3v) is 1.48. The van der Waals surface area contributed by atoms with Crippen LogP contribution in [0.5, 0.6) is 0 Å². The van der Waals surface area contributed by atoms with E-state index in [9.17, 15) is 9.59 Å². The Balaban J connectivity index is 4.35. The molecule has 4 nitrogen and oxygen atoms in total. The zero-order valence-corrected chi connectivity index (χ0v) is 8.02. The lowest BCUT2D eigenvalue weighted by molar-refractivity contribution is -0.133. The molecule has 4 heteroatoms.